The molecule has 0 aromatic carbocycles. The minimum Gasteiger partial charge on any atom is -0.303 e. The third kappa shape index (κ3) is 2.20. The lowest BCUT2D eigenvalue weighted by Crippen LogP contribution is -2.16. The largest absolute Gasteiger partial charge is 0.303 e. The quantitative estimate of drug-likeness (QED) is 0.465. The number of aldehydes is 1. The van der Waals surface area contributed by atoms with Gasteiger partial charge in [0.1, 0.15) is 6.29 Å². The van der Waals surface area contributed by atoms with E-state index in [0.717, 1.165) is 12.7 Å². The normalized spacial score (nSPS) is 29.7. The van der Waals surface area contributed by atoms with Crippen LogP contribution in [-0.2, 0) is 4.79 Å². The summed E-state index contributed by atoms with van der Waals surface area (Å²) in [5, 5.41) is 0. The number of rotatable bonds is 3. The molecule has 1 aliphatic rings. The molecule has 0 bridgehead atoms. The van der Waals surface area contributed by atoms with Crippen molar-refractivity contribution in [2.75, 3.05) is 0 Å². The molecule has 0 amide bonds. The van der Waals surface area contributed by atoms with Gasteiger partial charge >= 0.3 is 0 Å². The molecule has 12 heavy (non-hydrogen) atoms. The Balaban J connectivity index is 2.68. The first-order valence-electron chi connectivity index (χ1n) is 4.84. The van der Waals surface area contributed by atoms with E-state index in [2.05, 4.69) is 19.9 Å². The van der Waals surface area contributed by atoms with Gasteiger partial charge < -0.3 is 4.79 Å². The highest BCUT2D eigenvalue weighted by molar-refractivity contribution is 5.54. The van der Waals surface area contributed by atoms with Gasteiger partial charge in [-0.15, -0.1) is 0 Å². The van der Waals surface area contributed by atoms with Gasteiger partial charge in [0.2, 0.25) is 0 Å². The summed E-state index contributed by atoms with van der Waals surface area (Å²) in [7, 11) is 0. The fourth-order valence-electron chi connectivity index (χ4n) is 1.90. The molecule has 0 aromatic heterocycles. The molecule has 0 heterocycles. The first kappa shape index (κ1) is 9.50. The van der Waals surface area contributed by atoms with Gasteiger partial charge in [-0.25, -0.2) is 0 Å². The van der Waals surface area contributed by atoms with Gasteiger partial charge in [0.05, 0.1) is 0 Å². The van der Waals surface area contributed by atoms with E-state index in [1.165, 1.54) is 24.8 Å². The highest BCUT2D eigenvalue weighted by atomic mass is 16.1. The summed E-state index contributed by atoms with van der Waals surface area (Å²) in [6, 6.07) is 0. The molecule has 1 atom stereocenters. The molecule has 0 N–H and O–H groups in total. The average molecular weight is 166 g/mol. The van der Waals surface area contributed by atoms with Crippen LogP contribution in [0.5, 0.6) is 0 Å². The highest BCUT2D eigenvalue weighted by Crippen LogP contribution is 2.36. The molecule has 1 aliphatic carbocycles. The molecule has 0 saturated heterocycles. The topological polar surface area (TPSA) is 17.1 Å². The predicted molar refractivity (Wildman–Crippen MR) is 51.0 cm³/mol. The Hall–Kier alpha value is -0.590. The number of hydrogen-bond acceptors (Lipinski definition) is 1. The highest BCUT2D eigenvalue weighted by Gasteiger charge is 2.23. The smallest absolute Gasteiger partial charge is 0.124 e. The zero-order chi connectivity index (χ0) is 9.03. The third-order valence-electron chi connectivity index (χ3n) is 2.95. The molecular weight excluding hydrogens is 148 g/mol. The van der Waals surface area contributed by atoms with Crippen molar-refractivity contribution in [1.82, 2.24) is 0 Å². The Labute approximate surface area is 74.9 Å². The summed E-state index contributed by atoms with van der Waals surface area (Å²) in [6.45, 7) is 4.51. The molecular formula is C11H18O. The molecule has 1 heteroatoms. The molecule has 68 valence electrons. The lowest BCUT2D eigenvalue weighted by Gasteiger charge is -2.30. The minimum absolute atomic E-state index is 0.372. The summed E-state index contributed by atoms with van der Waals surface area (Å²) in [6.07, 6.45) is 8.85. The number of allylic oxidation sites excluding steroid dienone is 2. The van der Waals surface area contributed by atoms with Gasteiger partial charge in [0, 0.05) is 6.42 Å². The second kappa shape index (κ2) is 3.88. The SMILES string of the molecule is CC[C@@]1(C)C=C(CC=O)CCC1. The van der Waals surface area contributed by atoms with Crippen LogP contribution in [0, 0.1) is 5.41 Å². The van der Waals surface area contributed by atoms with Gasteiger partial charge in [0.15, 0.2) is 0 Å². The maximum Gasteiger partial charge on any atom is 0.124 e. The van der Waals surface area contributed by atoms with Crippen LogP contribution in [0.25, 0.3) is 0 Å². The second-order valence-electron chi connectivity index (χ2n) is 4.03. The Bertz CT molecular complexity index is 193. The van der Waals surface area contributed by atoms with Gasteiger partial charge in [-0.1, -0.05) is 25.5 Å². The first-order chi connectivity index (χ1) is 5.70. The number of hydrogen-bond donors (Lipinski definition) is 0. The maximum absolute atomic E-state index is 10.3. The van der Waals surface area contributed by atoms with E-state index in [1.807, 2.05) is 0 Å². The standard InChI is InChI=1S/C11H18O/c1-3-11(2)7-4-5-10(9-11)6-8-12/h8-9H,3-7H2,1-2H3/t11-/m1/s1. The Morgan fingerprint density at radius 2 is 2.42 bits per heavy atom. The van der Waals surface area contributed by atoms with Crippen LogP contribution in [0.15, 0.2) is 11.6 Å². The maximum atomic E-state index is 10.3. The monoisotopic (exact) mass is 166 g/mol. The van der Waals surface area contributed by atoms with E-state index in [-0.39, 0.29) is 0 Å². The van der Waals surface area contributed by atoms with Crippen molar-refractivity contribution in [3.05, 3.63) is 11.6 Å². The van der Waals surface area contributed by atoms with Crippen molar-refractivity contribution in [2.24, 2.45) is 5.41 Å². The number of carbonyl (C=O) groups is 1. The van der Waals surface area contributed by atoms with E-state index >= 15 is 0 Å². The molecule has 0 radical (unpaired) electrons. The van der Waals surface area contributed by atoms with E-state index in [4.69, 9.17) is 0 Å². The van der Waals surface area contributed by atoms with Crippen molar-refractivity contribution in [2.45, 2.75) is 46.0 Å². The molecule has 0 fully saturated rings. The predicted octanol–water partition coefficient (Wildman–Crippen LogP) is 3.10. The fraction of sp³-hybridized carbons (Fsp3) is 0.727. The Kier molecular flexibility index (Phi) is 3.07. The molecule has 0 unspecified atom stereocenters. The van der Waals surface area contributed by atoms with Gasteiger partial charge in [0.25, 0.3) is 0 Å². The van der Waals surface area contributed by atoms with Crippen LogP contribution < -0.4 is 0 Å². The molecule has 0 saturated carbocycles. The van der Waals surface area contributed by atoms with E-state index < -0.39 is 0 Å². The van der Waals surface area contributed by atoms with E-state index in [9.17, 15) is 4.79 Å². The Morgan fingerprint density at radius 1 is 1.67 bits per heavy atom. The molecule has 1 rings (SSSR count). The van der Waals surface area contributed by atoms with Gasteiger partial charge in [-0.05, 0) is 31.1 Å². The third-order valence-corrected chi connectivity index (χ3v) is 2.95. The van der Waals surface area contributed by atoms with Crippen LogP contribution in [-0.4, -0.2) is 6.29 Å². The van der Waals surface area contributed by atoms with Crippen molar-refractivity contribution in [3.63, 3.8) is 0 Å². The molecule has 0 aromatic rings. The molecule has 0 spiro atoms. The molecule has 1 nitrogen and oxygen atoms in total. The van der Waals surface area contributed by atoms with E-state index in [0.29, 0.717) is 11.8 Å². The minimum atomic E-state index is 0.372. The summed E-state index contributed by atoms with van der Waals surface area (Å²) >= 11 is 0. The van der Waals surface area contributed by atoms with Crippen LogP contribution in [0.2, 0.25) is 0 Å². The zero-order valence-corrected chi connectivity index (χ0v) is 8.10. The summed E-state index contributed by atoms with van der Waals surface area (Å²) in [4.78, 5) is 10.3. The van der Waals surface area contributed by atoms with Crippen molar-refractivity contribution in [1.29, 1.82) is 0 Å². The van der Waals surface area contributed by atoms with Crippen molar-refractivity contribution < 1.29 is 4.79 Å². The zero-order valence-electron chi connectivity index (χ0n) is 8.10. The van der Waals surface area contributed by atoms with Crippen LogP contribution in [0.3, 0.4) is 0 Å². The van der Waals surface area contributed by atoms with Gasteiger partial charge in [-0.3, -0.25) is 0 Å². The van der Waals surface area contributed by atoms with Crippen molar-refractivity contribution in [3.8, 4) is 0 Å². The van der Waals surface area contributed by atoms with Crippen molar-refractivity contribution >= 4 is 6.29 Å². The summed E-state index contributed by atoms with van der Waals surface area (Å²) in [5.74, 6) is 0. The summed E-state index contributed by atoms with van der Waals surface area (Å²) < 4.78 is 0. The first-order valence-corrected chi connectivity index (χ1v) is 4.84. The lowest BCUT2D eigenvalue weighted by atomic mass is 9.76. The Morgan fingerprint density at radius 3 is 3.00 bits per heavy atom. The van der Waals surface area contributed by atoms with E-state index in [1.54, 1.807) is 0 Å². The number of carbonyl (C=O) groups excluding carboxylic acids is 1. The summed E-state index contributed by atoms with van der Waals surface area (Å²) in [5.41, 5.74) is 1.72. The molecule has 0 aliphatic heterocycles. The van der Waals surface area contributed by atoms with Crippen LogP contribution >= 0.6 is 0 Å². The second-order valence-corrected chi connectivity index (χ2v) is 4.03. The van der Waals surface area contributed by atoms with Crippen LogP contribution in [0.1, 0.15) is 46.0 Å². The van der Waals surface area contributed by atoms with Crippen LogP contribution in [0.4, 0.5) is 0 Å². The van der Waals surface area contributed by atoms with Gasteiger partial charge in [-0.2, -0.15) is 0 Å². The fourth-order valence-corrected chi connectivity index (χ4v) is 1.90. The lowest BCUT2D eigenvalue weighted by molar-refractivity contribution is -0.107. The average Bonchev–Trinajstić information content (AvgIpc) is 2.05.